The molecular weight excluding hydrogens is 116 g/mol. The van der Waals surface area contributed by atoms with Crippen LogP contribution in [-0.4, -0.2) is 11.0 Å². The molecule has 0 spiro atoms. The number of thioether (sulfide) groups is 1. The Kier molecular flexibility index (Phi) is 2.47. The van der Waals surface area contributed by atoms with Crippen LogP contribution in [0.1, 0.15) is 12.8 Å². The Hall–Kier alpha value is 0.0900. The zero-order valence-electron chi connectivity index (χ0n) is 4.84. The van der Waals surface area contributed by atoms with Gasteiger partial charge >= 0.3 is 0 Å². The summed E-state index contributed by atoms with van der Waals surface area (Å²) in [4.78, 5) is 0. The van der Waals surface area contributed by atoms with Crippen LogP contribution in [0.3, 0.4) is 0 Å². The quantitative estimate of drug-likeness (QED) is 0.518. The van der Waals surface area contributed by atoms with Gasteiger partial charge in [0.15, 0.2) is 0 Å². The molecule has 0 aromatic heterocycles. The van der Waals surface area contributed by atoms with Crippen molar-refractivity contribution in [2.45, 2.75) is 18.1 Å². The number of hydrogen-bond donors (Lipinski definition) is 0. The minimum Gasteiger partial charge on any atom is -0.154 e. The largest absolute Gasteiger partial charge is 0.154 e. The summed E-state index contributed by atoms with van der Waals surface area (Å²) in [5, 5.41) is 0.625. The molecule has 0 aliphatic carbocycles. The third kappa shape index (κ3) is 1.55. The predicted molar refractivity (Wildman–Crippen MR) is 38.7 cm³/mol. The average Bonchev–Trinajstić information content (AvgIpc) is 1.90. The van der Waals surface area contributed by atoms with Crippen molar-refractivity contribution >= 4 is 11.8 Å². The van der Waals surface area contributed by atoms with Crippen LogP contribution in [0.2, 0.25) is 0 Å². The molecule has 0 amide bonds. The third-order valence-corrected chi connectivity index (χ3v) is 2.55. The summed E-state index contributed by atoms with van der Waals surface area (Å²) < 4.78 is 0. The fourth-order valence-corrected chi connectivity index (χ4v) is 1.76. The van der Waals surface area contributed by atoms with E-state index in [-0.39, 0.29) is 0 Å². The summed E-state index contributed by atoms with van der Waals surface area (Å²) in [5.41, 5.74) is 0. The fourth-order valence-electron chi connectivity index (χ4n) is 0.792. The Morgan fingerprint density at radius 1 is 1.75 bits per heavy atom. The van der Waals surface area contributed by atoms with Gasteiger partial charge in [0, 0.05) is 5.25 Å². The Morgan fingerprint density at radius 3 is 3.00 bits per heavy atom. The molecule has 8 heavy (non-hydrogen) atoms. The molecule has 0 N–H and O–H groups in total. The predicted octanol–water partition coefficient (Wildman–Crippen LogP) is 2.08. The van der Waals surface area contributed by atoms with Gasteiger partial charge in [0.25, 0.3) is 0 Å². The lowest BCUT2D eigenvalue weighted by molar-refractivity contribution is 0.823. The van der Waals surface area contributed by atoms with Crippen molar-refractivity contribution < 1.29 is 0 Å². The van der Waals surface area contributed by atoms with E-state index in [0.717, 1.165) is 0 Å². The second-order valence-corrected chi connectivity index (χ2v) is 3.20. The highest BCUT2D eigenvalue weighted by molar-refractivity contribution is 8.00. The SMILES string of the molecule is [CH]=CC1CC[CH]CS1. The first kappa shape index (κ1) is 6.21. The van der Waals surface area contributed by atoms with Crippen LogP contribution in [0.5, 0.6) is 0 Å². The molecule has 0 saturated carbocycles. The molecule has 1 rings (SSSR count). The van der Waals surface area contributed by atoms with Crippen molar-refractivity contribution in [3.63, 3.8) is 0 Å². The molecule has 1 fully saturated rings. The van der Waals surface area contributed by atoms with E-state index in [2.05, 4.69) is 6.42 Å². The van der Waals surface area contributed by atoms with Gasteiger partial charge in [-0.3, -0.25) is 0 Å². The molecule has 0 bridgehead atoms. The van der Waals surface area contributed by atoms with Crippen LogP contribution in [-0.2, 0) is 0 Å². The molecule has 1 aliphatic heterocycles. The monoisotopic (exact) mass is 126 g/mol. The first-order valence-corrected chi connectivity index (χ1v) is 3.96. The highest BCUT2D eigenvalue weighted by Gasteiger charge is 2.08. The van der Waals surface area contributed by atoms with Crippen LogP contribution in [0.15, 0.2) is 6.08 Å². The molecule has 0 aromatic carbocycles. The van der Waals surface area contributed by atoms with Crippen molar-refractivity contribution in [3.05, 3.63) is 19.1 Å². The summed E-state index contributed by atoms with van der Waals surface area (Å²) in [6, 6.07) is 0. The molecule has 44 valence electrons. The number of hydrogen-bond acceptors (Lipinski definition) is 1. The van der Waals surface area contributed by atoms with E-state index in [9.17, 15) is 0 Å². The van der Waals surface area contributed by atoms with Gasteiger partial charge in [-0.05, 0) is 25.0 Å². The zero-order valence-corrected chi connectivity index (χ0v) is 5.66. The van der Waals surface area contributed by atoms with E-state index in [0.29, 0.717) is 5.25 Å². The third-order valence-electron chi connectivity index (χ3n) is 1.30. The van der Waals surface area contributed by atoms with Gasteiger partial charge in [-0.25, -0.2) is 0 Å². The van der Waals surface area contributed by atoms with Crippen molar-refractivity contribution in [1.29, 1.82) is 0 Å². The van der Waals surface area contributed by atoms with E-state index in [1.165, 1.54) is 18.6 Å². The Morgan fingerprint density at radius 2 is 2.62 bits per heavy atom. The van der Waals surface area contributed by atoms with E-state index in [1.54, 1.807) is 6.08 Å². The van der Waals surface area contributed by atoms with Crippen LogP contribution >= 0.6 is 11.8 Å². The first-order chi connectivity index (χ1) is 3.93. The second kappa shape index (κ2) is 3.18. The van der Waals surface area contributed by atoms with E-state index < -0.39 is 0 Å². The van der Waals surface area contributed by atoms with Crippen molar-refractivity contribution in [2.75, 3.05) is 5.75 Å². The molecule has 0 aromatic rings. The normalized spacial score (nSPS) is 29.8. The van der Waals surface area contributed by atoms with Crippen LogP contribution in [0.4, 0.5) is 0 Å². The summed E-state index contributed by atoms with van der Waals surface area (Å²) in [6.45, 7) is 5.34. The molecule has 1 aliphatic rings. The molecule has 1 atom stereocenters. The highest BCUT2D eigenvalue weighted by atomic mass is 32.2. The van der Waals surface area contributed by atoms with Gasteiger partial charge in [-0.1, -0.05) is 12.7 Å². The summed E-state index contributed by atoms with van der Waals surface area (Å²) in [5.74, 6) is 1.18. The van der Waals surface area contributed by atoms with Gasteiger partial charge in [-0.15, -0.1) is 0 Å². The van der Waals surface area contributed by atoms with Crippen LogP contribution in [0.25, 0.3) is 0 Å². The number of rotatable bonds is 1. The van der Waals surface area contributed by atoms with E-state index in [1.807, 2.05) is 11.8 Å². The van der Waals surface area contributed by atoms with Crippen molar-refractivity contribution in [3.8, 4) is 0 Å². The molecule has 1 heteroatoms. The maximum absolute atomic E-state index is 5.34. The molecule has 1 saturated heterocycles. The standard InChI is InChI=1S/C7H10S/c1-2-7-5-3-4-6-8-7/h1-2,4,7H,3,5-6H2. The Labute approximate surface area is 55.4 Å². The summed E-state index contributed by atoms with van der Waals surface area (Å²) in [6.07, 6.45) is 6.59. The van der Waals surface area contributed by atoms with E-state index >= 15 is 0 Å². The molecule has 1 heterocycles. The minimum atomic E-state index is 0.625. The first-order valence-electron chi connectivity index (χ1n) is 2.92. The Balaban J connectivity index is 2.22. The lowest BCUT2D eigenvalue weighted by Crippen LogP contribution is -2.05. The summed E-state index contributed by atoms with van der Waals surface area (Å²) >= 11 is 1.93. The average molecular weight is 126 g/mol. The topological polar surface area (TPSA) is 0 Å². The lowest BCUT2D eigenvalue weighted by atomic mass is 10.2. The van der Waals surface area contributed by atoms with Gasteiger partial charge in [0.05, 0.1) is 0 Å². The van der Waals surface area contributed by atoms with Gasteiger partial charge in [-0.2, -0.15) is 11.8 Å². The van der Waals surface area contributed by atoms with Gasteiger partial charge in [0.2, 0.25) is 0 Å². The van der Waals surface area contributed by atoms with E-state index in [4.69, 9.17) is 6.58 Å². The van der Waals surface area contributed by atoms with Crippen LogP contribution < -0.4 is 0 Å². The minimum absolute atomic E-state index is 0.625. The molecule has 2 radical (unpaired) electrons. The molecule has 1 unspecified atom stereocenters. The van der Waals surface area contributed by atoms with Gasteiger partial charge < -0.3 is 0 Å². The molecule has 0 nitrogen and oxygen atoms in total. The summed E-state index contributed by atoms with van der Waals surface area (Å²) in [7, 11) is 0. The van der Waals surface area contributed by atoms with Crippen LogP contribution in [0, 0.1) is 13.0 Å². The fraction of sp³-hybridized carbons (Fsp3) is 0.571. The Bertz CT molecular complexity index is 72.5. The molecular formula is C7H10S. The van der Waals surface area contributed by atoms with Crippen molar-refractivity contribution in [2.24, 2.45) is 0 Å². The zero-order chi connectivity index (χ0) is 5.82. The lowest BCUT2D eigenvalue weighted by Gasteiger charge is -2.16. The maximum Gasteiger partial charge on any atom is 0.0230 e. The smallest absolute Gasteiger partial charge is 0.0230 e. The second-order valence-electron chi connectivity index (χ2n) is 1.93. The highest BCUT2D eigenvalue weighted by Crippen LogP contribution is 2.24. The van der Waals surface area contributed by atoms with Gasteiger partial charge in [0.1, 0.15) is 0 Å². The van der Waals surface area contributed by atoms with Crippen molar-refractivity contribution in [1.82, 2.24) is 0 Å². The maximum atomic E-state index is 5.34.